The van der Waals surface area contributed by atoms with Crippen molar-refractivity contribution in [2.45, 2.75) is 38.6 Å². The highest BCUT2D eigenvalue weighted by molar-refractivity contribution is 5.29. The van der Waals surface area contributed by atoms with Gasteiger partial charge in [-0.2, -0.15) is 5.10 Å². The van der Waals surface area contributed by atoms with Gasteiger partial charge in [0.2, 0.25) is 0 Å². The highest BCUT2D eigenvalue weighted by Gasteiger charge is 2.25. The van der Waals surface area contributed by atoms with E-state index < -0.39 is 0 Å². The van der Waals surface area contributed by atoms with Crippen LogP contribution in [0, 0.1) is 6.92 Å². The summed E-state index contributed by atoms with van der Waals surface area (Å²) in [6.07, 6.45) is 7.10. The summed E-state index contributed by atoms with van der Waals surface area (Å²) in [6, 6.07) is 10.6. The molecular weight excluding hydrogens is 312 g/mol. The number of oxazole rings is 1. The Balaban J connectivity index is 1.45. The molecule has 1 fully saturated rings. The second-order valence-corrected chi connectivity index (χ2v) is 6.90. The van der Waals surface area contributed by atoms with Crippen molar-refractivity contribution in [2.75, 3.05) is 13.1 Å². The van der Waals surface area contributed by atoms with Crippen molar-refractivity contribution < 1.29 is 4.42 Å². The van der Waals surface area contributed by atoms with Gasteiger partial charge in [-0.1, -0.05) is 30.3 Å². The molecule has 1 aliphatic rings. The number of nitrogens with one attached hydrogen (secondary N) is 1. The van der Waals surface area contributed by atoms with Crippen LogP contribution in [0.2, 0.25) is 0 Å². The van der Waals surface area contributed by atoms with Gasteiger partial charge in [0.05, 0.1) is 11.9 Å². The molecule has 1 aliphatic heterocycles. The molecule has 2 aromatic heterocycles. The lowest BCUT2D eigenvalue weighted by molar-refractivity contribution is 0.196. The van der Waals surface area contributed by atoms with Crippen molar-refractivity contribution in [3.05, 3.63) is 71.2 Å². The van der Waals surface area contributed by atoms with E-state index in [1.54, 1.807) is 6.26 Å². The molecular formula is C20H24N4O. The predicted molar refractivity (Wildman–Crippen MR) is 96.3 cm³/mol. The summed E-state index contributed by atoms with van der Waals surface area (Å²) in [5.41, 5.74) is 4.96. The number of piperidine rings is 1. The molecule has 1 atom stereocenters. The van der Waals surface area contributed by atoms with Crippen LogP contribution in [0.25, 0.3) is 0 Å². The number of hydrogen-bond donors (Lipinski definition) is 1. The summed E-state index contributed by atoms with van der Waals surface area (Å²) in [4.78, 5) is 6.91. The van der Waals surface area contributed by atoms with Gasteiger partial charge in [-0.3, -0.25) is 10.00 Å². The Hall–Kier alpha value is -2.40. The Morgan fingerprint density at radius 2 is 2.16 bits per heavy atom. The predicted octanol–water partition coefficient (Wildman–Crippen LogP) is 3.68. The molecule has 0 spiro atoms. The van der Waals surface area contributed by atoms with E-state index in [1.807, 2.05) is 13.1 Å². The van der Waals surface area contributed by atoms with Crippen LogP contribution in [0.5, 0.6) is 0 Å². The van der Waals surface area contributed by atoms with Crippen molar-refractivity contribution in [3.63, 3.8) is 0 Å². The van der Waals surface area contributed by atoms with Crippen molar-refractivity contribution in [3.8, 4) is 0 Å². The van der Waals surface area contributed by atoms with Gasteiger partial charge in [-0.25, -0.2) is 4.98 Å². The van der Waals surface area contributed by atoms with Crippen LogP contribution in [0.15, 0.2) is 47.2 Å². The first-order valence-electron chi connectivity index (χ1n) is 8.97. The standard InChI is InChI=1S/C20H24N4O/c1-15-22-19(14-25-15)13-24-9-5-8-17(12-24)20-18(11-21-23-20)10-16-6-3-2-4-7-16/h2-4,6-7,11,14,17H,5,8-10,12-13H2,1H3,(H,21,23). The largest absolute Gasteiger partial charge is 0.449 e. The first-order chi connectivity index (χ1) is 12.3. The van der Waals surface area contributed by atoms with Crippen molar-refractivity contribution in [1.29, 1.82) is 0 Å². The van der Waals surface area contributed by atoms with Gasteiger partial charge in [0.25, 0.3) is 0 Å². The molecule has 0 bridgehead atoms. The Labute approximate surface area is 148 Å². The molecule has 0 aliphatic carbocycles. The van der Waals surface area contributed by atoms with Crippen LogP contribution in [-0.2, 0) is 13.0 Å². The summed E-state index contributed by atoms with van der Waals surface area (Å²) >= 11 is 0. The van der Waals surface area contributed by atoms with E-state index in [-0.39, 0.29) is 0 Å². The quantitative estimate of drug-likeness (QED) is 0.772. The lowest BCUT2D eigenvalue weighted by Gasteiger charge is -2.32. The summed E-state index contributed by atoms with van der Waals surface area (Å²) < 4.78 is 5.34. The zero-order valence-corrected chi connectivity index (χ0v) is 14.6. The first kappa shape index (κ1) is 16.1. The summed E-state index contributed by atoms with van der Waals surface area (Å²) in [5, 5.41) is 7.61. The lowest BCUT2D eigenvalue weighted by Crippen LogP contribution is -2.34. The van der Waals surface area contributed by atoms with E-state index in [2.05, 4.69) is 50.4 Å². The number of rotatable bonds is 5. The monoisotopic (exact) mass is 336 g/mol. The number of H-pyrrole nitrogens is 1. The third-order valence-electron chi connectivity index (χ3n) is 4.95. The average molecular weight is 336 g/mol. The van der Waals surface area contributed by atoms with Gasteiger partial charge >= 0.3 is 0 Å². The summed E-state index contributed by atoms with van der Waals surface area (Å²) in [5.74, 6) is 1.24. The highest BCUT2D eigenvalue weighted by atomic mass is 16.3. The fourth-order valence-corrected chi connectivity index (χ4v) is 3.78. The summed E-state index contributed by atoms with van der Waals surface area (Å²) in [6.45, 7) is 4.90. The van der Waals surface area contributed by atoms with Crippen LogP contribution in [0.4, 0.5) is 0 Å². The van der Waals surface area contributed by atoms with E-state index >= 15 is 0 Å². The maximum atomic E-state index is 5.34. The highest BCUT2D eigenvalue weighted by Crippen LogP contribution is 2.29. The topological polar surface area (TPSA) is 58.0 Å². The Morgan fingerprint density at radius 3 is 2.96 bits per heavy atom. The van der Waals surface area contributed by atoms with Crippen LogP contribution >= 0.6 is 0 Å². The normalized spacial score (nSPS) is 18.5. The van der Waals surface area contributed by atoms with Crippen LogP contribution in [-0.4, -0.2) is 33.2 Å². The zero-order valence-electron chi connectivity index (χ0n) is 14.6. The van der Waals surface area contributed by atoms with Crippen molar-refractivity contribution >= 4 is 0 Å². The fraction of sp³-hybridized carbons (Fsp3) is 0.400. The zero-order chi connectivity index (χ0) is 17.1. The minimum absolute atomic E-state index is 0.503. The Morgan fingerprint density at radius 1 is 1.28 bits per heavy atom. The molecule has 4 rings (SSSR count). The van der Waals surface area contributed by atoms with E-state index in [0.29, 0.717) is 5.92 Å². The van der Waals surface area contributed by atoms with Gasteiger partial charge in [0.15, 0.2) is 5.89 Å². The van der Waals surface area contributed by atoms with Crippen molar-refractivity contribution in [2.24, 2.45) is 0 Å². The maximum Gasteiger partial charge on any atom is 0.191 e. The average Bonchev–Trinajstić information content (AvgIpc) is 3.25. The molecule has 3 heterocycles. The second-order valence-electron chi connectivity index (χ2n) is 6.90. The smallest absolute Gasteiger partial charge is 0.191 e. The number of likely N-dealkylation sites (tertiary alicyclic amines) is 1. The fourth-order valence-electron chi connectivity index (χ4n) is 3.78. The summed E-state index contributed by atoms with van der Waals surface area (Å²) in [7, 11) is 0. The van der Waals surface area contributed by atoms with E-state index in [1.165, 1.54) is 29.7 Å². The van der Waals surface area contributed by atoms with Gasteiger partial charge < -0.3 is 4.42 Å². The van der Waals surface area contributed by atoms with Crippen LogP contribution < -0.4 is 0 Å². The molecule has 0 amide bonds. The van der Waals surface area contributed by atoms with Gasteiger partial charge in [0, 0.05) is 38.0 Å². The molecule has 1 unspecified atom stereocenters. The molecule has 5 nitrogen and oxygen atoms in total. The molecule has 130 valence electrons. The number of benzene rings is 1. The maximum absolute atomic E-state index is 5.34. The number of hydrogen-bond acceptors (Lipinski definition) is 4. The second kappa shape index (κ2) is 7.23. The third kappa shape index (κ3) is 3.82. The SMILES string of the molecule is Cc1nc(CN2CCCC(c3[nH]ncc3Cc3ccccc3)C2)co1. The number of aromatic nitrogens is 3. The van der Waals surface area contributed by atoms with Gasteiger partial charge in [-0.15, -0.1) is 0 Å². The minimum Gasteiger partial charge on any atom is -0.449 e. The molecule has 3 aromatic rings. The number of aryl methyl sites for hydroxylation is 1. The third-order valence-corrected chi connectivity index (χ3v) is 4.95. The molecule has 1 aromatic carbocycles. The first-order valence-corrected chi connectivity index (χ1v) is 8.97. The molecule has 1 N–H and O–H groups in total. The Kier molecular flexibility index (Phi) is 4.65. The number of nitrogens with zero attached hydrogens (tertiary/aromatic N) is 3. The number of aromatic amines is 1. The lowest BCUT2D eigenvalue weighted by atomic mass is 9.91. The van der Waals surface area contributed by atoms with Crippen molar-refractivity contribution in [1.82, 2.24) is 20.1 Å². The molecule has 0 saturated carbocycles. The van der Waals surface area contributed by atoms with E-state index in [9.17, 15) is 0 Å². The van der Waals surface area contributed by atoms with E-state index in [0.717, 1.165) is 37.6 Å². The van der Waals surface area contributed by atoms with Gasteiger partial charge in [-0.05, 0) is 30.5 Å². The molecule has 25 heavy (non-hydrogen) atoms. The molecule has 5 heteroatoms. The van der Waals surface area contributed by atoms with E-state index in [4.69, 9.17) is 4.42 Å². The Bertz CT molecular complexity index is 808. The van der Waals surface area contributed by atoms with Gasteiger partial charge in [0.1, 0.15) is 6.26 Å². The minimum atomic E-state index is 0.503. The molecule has 1 saturated heterocycles. The van der Waals surface area contributed by atoms with Crippen LogP contribution in [0.3, 0.4) is 0 Å². The van der Waals surface area contributed by atoms with Crippen LogP contribution in [0.1, 0.15) is 47.2 Å². The molecule has 0 radical (unpaired) electrons.